The van der Waals surface area contributed by atoms with Crippen LogP contribution in [0, 0.1) is 11.6 Å². The molecule has 206 valence electrons. The highest BCUT2D eigenvalue weighted by atomic mass is 35.5. The number of para-hydroxylation sites is 1. The van der Waals surface area contributed by atoms with Gasteiger partial charge in [-0.1, -0.05) is 35.9 Å². The second-order valence-corrected chi connectivity index (χ2v) is 9.43. The van der Waals surface area contributed by atoms with Crippen molar-refractivity contribution < 1.29 is 26.7 Å². The quantitative estimate of drug-likeness (QED) is 0.134. The molecular formula is C27H25ClF5N5O. The maximum absolute atomic E-state index is 14.9. The van der Waals surface area contributed by atoms with Crippen LogP contribution in [-0.2, 0) is 6.42 Å². The molecule has 0 amide bonds. The number of fused-ring (bicyclic) bond motifs is 1. The number of aromatic nitrogens is 3. The minimum absolute atomic E-state index is 0.00278. The largest absolute Gasteiger partial charge is 0.493 e. The van der Waals surface area contributed by atoms with E-state index >= 15 is 0 Å². The molecule has 12 heteroatoms. The summed E-state index contributed by atoms with van der Waals surface area (Å²) in [7, 11) is 3.79. The topological polar surface area (TPSA) is 63.2 Å². The van der Waals surface area contributed by atoms with E-state index in [1.807, 2.05) is 31.1 Å². The smallest absolute Gasteiger partial charge is 0.405 e. The summed E-state index contributed by atoms with van der Waals surface area (Å²) in [5.74, 6) is -2.21. The Hall–Kier alpha value is -3.57. The minimum atomic E-state index is -4.59. The molecule has 1 N–H and O–H groups in total. The van der Waals surface area contributed by atoms with Gasteiger partial charge in [-0.2, -0.15) is 13.2 Å². The fraction of sp³-hybridized carbons (Fsp3) is 0.296. The average Bonchev–Trinajstić information content (AvgIpc) is 2.87. The summed E-state index contributed by atoms with van der Waals surface area (Å²) in [6.45, 7) is -0.450. The Balaban J connectivity index is 1.66. The zero-order valence-corrected chi connectivity index (χ0v) is 21.9. The molecule has 0 aliphatic carbocycles. The minimum Gasteiger partial charge on any atom is -0.493 e. The summed E-state index contributed by atoms with van der Waals surface area (Å²) >= 11 is 6.37. The molecule has 0 radical (unpaired) electrons. The molecule has 0 atom stereocenters. The predicted octanol–water partition coefficient (Wildman–Crippen LogP) is 6.52. The first-order valence-corrected chi connectivity index (χ1v) is 12.4. The van der Waals surface area contributed by atoms with E-state index < -0.39 is 36.3 Å². The number of nitrogens with one attached hydrogen (secondary N) is 1. The van der Waals surface area contributed by atoms with Crippen LogP contribution in [0.5, 0.6) is 5.75 Å². The molecule has 0 bridgehead atoms. The van der Waals surface area contributed by atoms with E-state index in [1.165, 1.54) is 0 Å². The second kappa shape index (κ2) is 12.1. The van der Waals surface area contributed by atoms with Crippen LogP contribution < -0.4 is 10.1 Å². The third-order valence-electron chi connectivity index (χ3n) is 5.73. The lowest BCUT2D eigenvalue weighted by Crippen LogP contribution is -2.23. The molecule has 2 heterocycles. The molecule has 0 aliphatic heterocycles. The Bertz CT molecular complexity index is 1440. The maximum atomic E-state index is 14.9. The lowest BCUT2D eigenvalue weighted by Gasteiger charge is -2.16. The first-order valence-electron chi connectivity index (χ1n) is 12.0. The van der Waals surface area contributed by atoms with Crippen molar-refractivity contribution >= 4 is 28.3 Å². The summed E-state index contributed by atoms with van der Waals surface area (Å²) in [5.41, 5.74) is 0.387. The highest BCUT2D eigenvalue weighted by Gasteiger charge is 2.28. The molecule has 0 fully saturated rings. The number of pyridine rings is 1. The molecular weight excluding hydrogens is 541 g/mol. The summed E-state index contributed by atoms with van der Waals surface area (Å²) in [6, 6.07) is 12.7. The number of nitrogens with zero attached hydrogens (tertiary/aromatic N) is 4. The van der Waals surface area contributed by atoms with Crippen LogP contribution >= 0.6 is 11.6 Å². The van der Waals surface area contributed by atoms with Crippen LogP contribution in [0.15, 0.2) is 48.5 Å². The SMILES string of the molecule is CN(C)CCCOc1cc(F)c(Cc2c(Cl)nc(-c3ccc4ccccc4n3)nc2NCC(F)(F)F)c(F)c1. The third kappa shape index (κ3) is 7.51. The zero-order valence-electron chi connectivity index (χ0n) is 21.1. The first kappa shape index (κ1) is 28.4. The fourth-order valence-electron chi connectivity index (χ4n) is 3.83. The Morgan fingerprint density at radius 1 is 0.949 bits per heavy atom. The first-order chi connectivity index (χ1) is 18.5. The number of hydrogen-bond donors (Lipinski definition) is 1. The van der Waals surface area contributed by atoms with Gasteiger partial charge in [-0.3, -0.25) is 0 Å². The van der Waals surface area contributed by atoms with Gasteiger partial charge in [-0.25, -0.2) is 23.7 Å². The van der Waals surface area contributed by atoms with Gasteiger partial charge in [-0.15, -0.1) is 0 Å². The zero-order chi connectivity index (χ0) is 28.2. The van der Waals surface area contributed by atoms with Gasteiger partial charge in [0.1, 0.15) is 40.6 Å². The maximum Gasteiger partial charge on any atom is 0.405 e. The van der Waals surface area contributed by atoms with Crippen molar-refractivity contribution in [2.75, 3.05) is 39.1 Å². The second-order valence-electron chi connectivity index (χ2n) is 9.07. The number of anilines is 1. The van der Waals surface area contributed by atoms with E-state index in [0.29, 0.717) is 11.9 Å². The average molecular weight is 566 g/mol. The van der Waals surface area contributed by atoms with Crippen molar-refractivity contribution in [1.82, 2.24) is 19.9 Å². The van der Waals surface area contributed by atoms with Gasteiger partial charge in [0.05, 0.1) is 12.1 Å². The lowest BCUT2D eigenvalue weighted by atomic mass is 10.0. The highest BCUT2D eigenvalue weighted by molar-refractivity contribution is 6.30. The highest BCUT2D eigenvalue weighted by Crippen LogP contribution is 2.31. The van der Waals surface area contributed by atoms with Crippen molar-refractivity contribution in [3.05, 3.63) is 76.4 Å². The lowest BCUT2D eigenvalue weighted by molar-refractivity contribution is -0.115. The molecule has 4 rings (SSSR count). The van der Waals surface area contributed by atoms with Gasteiger partial charge in [-0.05, 0) is 32.6 Å². The van der Waals surface area contributed by atoms with Crippen molar-refractivity contribution in [1.29, 1.82) is 0 Å². The van der Waals surface area contributed by atoms with Crippen molar-refractivity contribution in [2.24, 2.45) is 0 Å². The van der Waals surface area contributed by atoms with Crippen LogP contribution in [0.25, 0.3) is 22.4 Å². The normalized spacial score (nSPS) is 11.8. The van der Waals surface area contributed by atoms with Crippen LogP contribution in [0.2, 0.25) is 5.15 Å². The van der Waals surface area contributed by atoms with Crippen molar-refractivity contribution in [2.45, 2.75) is 19.0 Å². The molecule has 2 aromatic carbocycles. The Morgan fingerprint density at radius 3 is 2.36 bits per heavy atom. The number of rotatable bonds is 10. The van der Waals surface area contributed by atoms with Gasteiger partial charge in [0.15, 0.2) is 5.82 Å². The number of benzene rings is 2. The fourth-order valence-corrected chi connectivity index (χ4v) is 4.06. The molecule has 4 aromatic rings. The number of ether oxygens (including phenoxy) is 1. The van der Waals surface area contributed by atoms with E-state index in [-0.39, 0.29) is 40.4 Å². The molecule has 39 heavy (non-hydrogen) atoms. The number of halogens is 6. The molecule has 2 aromatic heterocycles. The van der Waals surface area contributed by atoms with E-state index in [9.17, 15) is 22.0 Å². The van der Waals surface area contributed by atoms with Gasteiger partial charge in [0.2, 0.25) is 0 Å². The summed E-state index contributed by atoms with van der Waals surface area (Å²) < 4.78 is 74.5. The molecule has 0 saturated heterocycles. The summed E-state index contributed by atoms with van der Waals surface area (Å²) in [6.07, 6.45) is -4.43. The van der Waals surface area contributed by atoms with Crippen LogP contribution in [0.3, 0.4) is 0 Å². The van der Waals surface area contributed by atoms with Crippen molar-refractivity contribution in [3.8, 4) is 17.3 Å². The monoisotopic (exact) mass is 565 g/mol. The van der Waals surface area contributed by atoms with E-state index in [4.69, 9.17) is 16.3 Å². The van der Waals surface area contributed by atoms with E-state index in [1.54, 1.807) is 24.3 Å². The van der Waals surface area contributed by atoms with Crippen LogP contribution in [0.1, 0.15) is 17.5 Å². The van der Waals surface area contributed by atoms with E-state index in [0.717, 1.165) is 24.1 Å². The predicted molar refractivity (Wildman–Crippen MR) is 140 cm³/mol. The summed E-state index contributed by atoms with van der Waals surface area (Å²) in [4.78, 5) is 14.8. The molecule has 0 saturated carbocycles. The molecule has 6 nitrogen and oxygen atoms in total. The third-order valence-corrected chi connectivity index (χ3v) is 6.04. The van der Waals surface area contributed by atoms with Gasteiger partial charge < -0.3 is 15.0 Å². The van der Waals surface area contributed by atoms with E-state index in [2.05, 4.69) is 20.3 Å². The Kier molecular flexibility index (Phi) is 8.81. The molecule has 0 unspecified atom stereocenters. The number of hydrogen-bond acceptors (Lipinski definition) is 6. The van der Waals surface area contributed by atoms with Gasteiger partial charge in [0.25, 0.3) is 0 Å². The van der Waals surface area contributed by atoms with Crippen molar-refractivity contribution in [3.63, 3.8) is 0 Å². The standard InChI is InChI=1S/C27H25ClF5N5O/c1-38(2)10-5-11-39-17-12-20(29)18(21(30)13-17)14-19-24(28)36-26(37-25(19)34-15-27(31,32)33)23-9-8-16-6-3-4-7-22(16)35-23/h3-4,6-9,12-13H,5,10-11,14-15H2,1-2H3,(H,34,36,37). The van der Waals surface area contributed by atoms with Crippen LogP contribution in [0.4, 0.5) is 27.8 Å². The van der Waals surface area contributed by atoms with Gasteiger partial charge in [0, 0.05) is 41.6 Å². The van der Waals surface area contributed by atoms with Gasteiger partial charge >= 0.3 is 6.18 Å². The number of alkyl halides is 3. The molecule has 0 spiro atoms. The molecule has 0 aliphatic rings. The Labute approximate surface area is 226 Å². The van der Waals surface area contributed by atoms with Crippen LogP contribution in [-0.4, -0.2) is 59.8 Å². The Morgan fingerprint density at radius 2 is 1.67 bits per heavy atom. The summed E-state index contributed by atoms with van der Waals surface area (Å²) in [5, 5.41) is 2.77.